The molecule has 0 unspecified atom stereocenters. The van der Waals surface area contributed by atoms with Gasteiger partial charge in [0.2, 0.25) is 0 Å². The van der Waals surface area contributed by atoms with Gasteiger partial charge in [-0.1, -0.05) is 0 Å². The first-order chi connectivity index (χ1) is 5.88. The number of nitrogens with zero attached hydrogens (tertiary/aromatic N) is 3. The normalized spacial score (nSPS) is 11.9. The molecule has 0 fully saturated rings. The standard InChI is InChI=1S/C6H11N3O3S/c1-5-7-6(8-9(5)2)4-12-13(3,10)11/h4H2,1-3H3. The van der Waals surface area contributed by atoms with Crippen molar-refractivity contribution in [2.24, 2.45) is 7.05 Å². The molecule has 0 aliphatic rings. The van der Waals surface area contributed by atoms with Gasteiger partial charge in [-0.25, -0.2) is 4.98 Å². The van der Waals surface area contributed by atoms with Crippen LogP contribution in [0.15, 0.2) is 0 Å². The minimum Gasteiger partial charge on any atom is -0.262 e. The first-order valence-electron chi connectivity index (χ1n) is 3.59. The minimum absolute atomic E-state index is 0.111. The van der Waals surface area contributed by atoms with Gasteiger partial charge in [-0.05, 0) is 6.92 Å². The van der Waals surface area contributed by atoms with Crippen LogP contribution >= 0.6 is 0 Å². The number of aryl methyl sites for hydroxylation is 2. The van der Waals surface area contributed by atoms with Crippen LogP contribution in [-0.4, -0.2) is 29.4 Å². The largest absolute Gasteiger partial charge is 0.264 e. The maximum atomic E-state index is 10.6. The fourth-order valence-corrected chi connectivity index (χ4v) is 1.07. The van der Waals surface area contributed by atoms with E-state index in [0.717, 1.165) is 6.26 Å². The second-order valence-electron chi connectivity index (χ2n) is 2.67. The average molecular weight is 205 g/mol. The lowest BCUT2D eigenvalue weighted by atomic mass is 10.6. The number of hydrogen-bond donors (Lipinski definition) is 0. The van der Waals surface area contributed by atoms with Gasteiger partial charge in [0.15, 0.2) is 5.82 Å². The van der Waals surface area contributed by atoms with E-state index in [-0.39, 0.29) is 6.61 Å². The Hall–Kier alpha value is -0.950. The molecule has 1 rings (SSSR count). The molecule has 0 aliphatic carbocycles. The summed E-state index contributed by atoms with van der Waals surface area (Å²) in [4.78, 5) is 3.98. The minimum atomic E-state index is -3.42. The predicted molar refractivity (Wildman–Crippen MR) is 45.4 cm³/mol. The molecule has 74 valence electrons. The molecule has 6 nitrogen and oxygen atoms in total. The van der Waals surface area contributed by atoms with E-state index in [0.29, 0.717) is 11.6 Å². The second kappa shape index (κ2) is 3.43. The molecule has 0 bridgehead atoms. The molecule has 0 aliphatic heterocycles. The van der Waals surface area contributed by atoms with Crippen molar-refractivity contribution >= 4 is 10.1 Å². The lowest BCUT2D eigenvalue weighted by Gasteiger charge is -1.95. The van der Waals surface area contributed by atoms with Crippen molar-refractivity contribution < 1.29 is 12.6 Å². The fourth-order valence-electron chi connectivity index (χ4n) is 0.748. The Labute approximate surface area is 76.7 Å². The fraction of sp³-hybridized carbons (Fsp3) is 0.667. The van der Waals surface area contributed by atoms with Crippen molar-refractivity contribution in [1.82, 2.24) is 14.8 Å². The van der Waals surface area contributed by atoms with Gasteiger partial charge in [-0.15, -0.1) is 0 Å². The zero-order chi connectivity index (χ0) is 10.1. The van der Waals surface area contributed by atoms with Crippen LogP contribution in [0.3, 0.4) is 0 Å². The zero-order valence-electron chi connectivity index (χ0n) is 7.68. The Morgan fingerprint density at radius 3 is 2.54 bits per heavy atom. The Balaban J connectivity index is 2.66. The summed E-state index contributed by atoms with van der Waals surface area (Å²) in [6.45, 7) is 1.66. The molecule has 0 saturated heterocycles. The third-order valence-corrected chi connectivity index (χ3v) is 1.97. The van der Waals surface area contributed by atoms with Crippen molar-refractivity contribution in [2.75, 3.05) is 6.26 Å². The summed E-state index contributed by atoms with van der Waals surface area (Å²) >= 11 is 0. The summed E-state index contributed by atoms with van der Waals surface area (Å²) in [5.74, 6) is 1.08. The van der Waals surface area contributed by atoms with Gasteiger partial charge in [-0.3, -0.25) is 8.86 Å². The Morgan fingerprint density at radius 2 is 2.15 bits per heavy atom. The quantitative estimate of drug-likeness (QED) is 0.628. The molecule has 0 atom stereocenters. The van der Waals surface area contributed by atoms with E-state index in [1.165, 1.54) is 0 Å². The average Bonchev–Trinajstić information content (AvgIpc) is 2.27. The maximum Gasteiger partial charge on any atom is 0.264 e. The van der Waals surface area contributed by atoms with Crippen molar-refractivity contribution in [3.05, 3.63) is 11.6 Å². The predicted octanol–water partition coefficient (Wildman–Crippen LogP) is -0.400. The highest BCUT2D eigenvalue weighted by Crippen LogP contribution is 1.99. The Morgan fingerprint density at radius 1 is 1.54 bits per heavy atom. The van der Waals surface area contributed by atoms with Crippen molar-refractivity contribution in [3.8, 4) is 0 Å². The summed E-state index contributed by atoms with van der Waals surface area (Å²) in [6, 6.07) is 0. The van der Waals surface area contributed by atoms with E-state index >= 15 is 0 Å². The molecule has 0 saturated carbocycles. The van der Waals surface area contributed by atoms with Gasteiger partial charge in [0.05, 0.1) is 6.26 Å². The van der Waals surface area contributed by atoms with E-state index in [9.17, 15) is 8.42 Å². The third-order valence-electron chi connectivity index (χ3n) is 1.43. The lowest BCUT2D eigenvalue weighted by molar-refractivity contribution is 0.301. The topological polar surface area (TPSA) is 74.1 Å². The molecule has 13 heavy (non-hydrogen) atoms. The second-order valence-corrected chi connectivity index (χ2v) is 4.31. The van der Waals surface area contributed by atoms with Gasteiger partial charge >= 0.3 is 0 Å². The molecule has 0 spiro atoms. The van der Waals surface area contributed by atoms with Crippen molar-refractivity contribution in [3.63, 3.8) is 0 Å². The molecule has 1 aromatic heterocycles. The van der Waals surface area contributed by atoms with Crippen molar-refractivity contribution in [1.29, 1.82) is 0 Å². The summed E-state index contributed by atoms with van der Waals surface area (Å²) in [7, 11) is -1.69. The molecule has 0 radical (unpaired) electrons. The highest BCUT2D eigenvalue weighted by atomic mass is 32.2. The smallest absolute Gasteiger partial charge is 0.262 e. The molecule has 1 aromatic rings. The highest BCUT2D eigenvalue weighted by Gasteiger charge is 2.07. The highest BCUT2D eigenvalue weighted by molar-refractivity contribution is 7.85. The Kier molecular flexibility index (Phi) is 2.67. The monoisotopic (exact) mass is 205 g/mol. The number of aromatic nitrogens is 3. The summed E-state index contributed by atoms with van der Waals surface area (Å²) in [5, 5.41) is 3.93. The van der Waals surface area contributed by atoms with Gasteiger partial charge < -0.3 is 0 Å². The molecule has 1 heterocycles. The first-order valence-corrected chi connectivity index (χ1v) is 5.41. The van der Waals surface area contributed by atoms with E-state index in [2.05, 4.69) is 14.3 Å². The van der Waals surface area contributed by atoms with E-state index in [1.807, 2.05) is 0 Å². The van der Waals surface area contributed by atoms with Gasteiger partial charge in [0.1, 0.15) is 12.4 Å². The van der Waals surface area contributed by atoms with E-state index < -0.39 is 10.1 Å². The third kappa shape index (κ3) is 3.11. The molecule has 0 amide bonds. The summed E-state index contributed by atoms with van der Waals surface area (Å²) in [6.07, 6.45) is 0.989. The number of hydrogen-bond acceptors (Lipinski definition) is 5. The van der Waals surface area contributed by atoms with Crippen molar-refractivity contribution in [2.45, 2.75) is 13.5 Å². The van der Waals surface area contributed by atoms with Crippen LogP contribution in [0, 0.1) is 6.92 Å². The van der Waals surface area contributed by atoms with Gasteiger partial charge in [0, 0.05) is 7.05 Å². The summed E-state index contributed by atoms with van der Waals surface area (Å²) < 4.78 is 27.3. The molecular weight excluding hydrogens is 194 g/mol. The Bertz CT molecular complexity index is 376. The van der Waals surface area contributed by atoms with E-state index in [4.69, 9.17) is 0 Å². The molecule has 0 N–H and O–H groups in total. The van der Waals surface area contributed by atoms with Crippen LogP contribution in [0.25, 0.3) is 0 Å². The molecular formula is C6H11N3O3S. The zero-order valence-corrected chi connectivity index (χ0v) is 8.50. The van der Waals surface area contributed by atoms with Crippen LogP contribution in [0.2, 0.25) is 0 Å². The van der Waals surface area contributed by atoms with Crippen LogP contribution in [-0.2, 0) is 28.0 Å². The molecule has 0 aromatic carbocycles. The lowest BCUT2D eigenvalue weighted by Crippen LogP contribution is -2.04. The maximum absolute atomic E-state index is 10.6. The van der Waals surface area contributed by atoms with Crippen LogP contribution in [0.1, 0.15) is 11.6 Å². The van der Waals surface area contributed by atoms with E-state index in [1.54, 1.807) is 18.7 Å². The van der Waals surface area contributed by atoms with Crippen LogP contribution in [0.5, 0.6) is 0 Å². The van der Waals surface area contributed by atoms with Gasteiger partial charge in [-0.2, -0.15) is 13.5 Å². The number of rotatable bonds is 3. The van der Waals surface area contributed by atoms with Gasteiger partial charge in [0.25, 0.3) is 10.1 Å². The van der Waals surface area contributed by atoms with Crippen LogP contribution in [0.4, 0.5) is 0 Å². The first kappa shape index (κ1) is 10.1. The molecule has 7 heteroatoms. The van der Waals surface area contributed by atoms with Crippen LogP contribution < -0.4 is 0 Å². The summed E-state index contributed by atoms with van der Waals surface area (Å²) in [5.41, 5.74) is 0. The SMILES string of the molecule is Cc1nc(COS(C)(=O)=O)nn1C.